The van der Waals surface area contributed by atoms with Gasteiger partial charge in [-0.2, -0.15) is 13.2 Å². The van der Waals surface area contributed by atoms with E-state index in [0.29, 0.717) is 18.8 Å². The zero-order valence-electron chi connectivity index (χ0n) is 10.4. The van der Waals surface area contributed by atoms with Crippen molar-refractivity contribution in [2.24, 2.45) is 0 Å². The number of nitrogens with zero attached hydrogens (tertiary/aromatic N) is 1. The number of alkyl halides is 3. The van der Waals surface area contributed by atoms with Crippen LogP contribution >= 0.6 is 11.6 Å². The second-order valence-corrected chi connectivity index (χ2v) is 5.19. The van der Waals surface area contributed by atoms with Crippen molar-refractivity contribution in [2.75, 3.05) is 4.90 Å². The Morgan fingerprint density at radius 2 is 1.55 bits per heavy atom. The van der Waals surface area contributed by atoms with Gasteiger partial charge in [-0.1, -0.05) is 35.9 Å². The lowest BCUT2D eigenvalue weighted by Gasteiger charge is -2.20. The van der Waals surface area contributed by atoms with Gasteiger partial charge >= 0.3 is 6.18 Å². The van der Waals surface area contributed by atoms with Crippen LogP contribution in [0.2, 0.25) is 5.02 Å². The summed E-state index contributed by atoms with van der Waals surface area (Å²) in [5, 5.41) is -0.266. The van der Waals surface area contributed by atoms with Crippen molar-refractivity contribution in [3.05, 3.63) is 64.2 Å². The number of anilines is 1. The molecule has 0 saturated heterocycles. The van der Waals surface area contributed by atoms with E-state index in [1.54, 1.807) is 6.07 Å². The quantitative estimate of drug-likeness (QED) is 0.725. The fourth-order valence-electron chi connectivity index (χ4n) is 2.44. The molecule has 2 aromatic carbocycles. The zero-order chi connectivity index (χ0) is 14.3. The minimum Gasteiger partial charge on any atom is -0.363 e. The van der Waals surface area contributed by atoms with E-state index < -0.39 is 11.7 Å². The first-order chi connectivity index (χ1) is 9.45. The van der Waals surface area contributed by atoms with Crippen LogP contribution in [0.5, 0.6) is 0 Å². The summed E-state index contributed by atoms with van der Waals surface area (Å²) in [6, 6.07) is 11.9. The second kappa shape index (κ2) is 4.70. The molecule has 1 nitrogen and oxygen atoms in total. The van der Waals surface area contributed by atoms with E-state index in [1.165, 1.54) is 6.07 Å². The molecule has 0 radical (unpaired) electrons. The Balaban J connectivity index is 1.94. The molecule has 20 heavy (non-hydrogen) atoms. The first-order valence-electron chi connectivity index (χ1n) is 6.13. The molecule has 104 valence electrons. The Bertz CT molecular complexity index is 627. The third-order valence-electron chi connectivity index (χ3n) is 3.46. The molecule has 5 heteroatoms. The highest BCUT2D eigenvalue weighted by Gasteiger charge is 2.34. The van der Waals surface area contributed by atoms with Crippen LogP contribution in [-0.4, -0.2) is 0 Å². The molecule has 1 aliphatic rings. The van der Waals surface area contributed by atoms with Gasteiger partial charge in [0.2, 0.25) is 0 Å². The van der Waals surface area contributed by atoms with Gasteiger partial charge < -0.3 is 4.90 Å². The summed E-state index contributed by atoms with van der Waals surface area (Å²) in [4.78, 5) is 1.91. The smallest absolute Gasteiger partial charge is 0.363 e. The zero-order valence-corrected chi connectivity index (χ0v) is 11.2. The second-order valence-electron chi connectivity index (χ2n) is 4.79. The monoisotopic (exact) mass is 297 g/mol. The van der Waals surface area contributed by atoms with Crippen LogP contribution in [0.25, 0.3) is 0 Å². The Hall–Kier alpha value is -1.68. The predicted molar refractivity (Wildman–Crippen MR) is 72.8 cm³/mol. The number of rotatable bonds is 1. The molecule has 3 rings (SSSR count). The first-order valence-corrected chi connectivity index (χ1v) is 6.51. The predicted octanol–water partition coefficient (Wildman–Crippen LogP) is 4.88. The minimum absolute atomic E-state index is 0.266. The van der Waals surface area contributed by atoms with E-state index in [1.807, 2.05) is 29.2 Å². The van der Waals surface area contributed by atoms with Gasteiger partial charge in [0.25, 0.3) is 0 Å². The van der Waals surface area contributed by atoms with Crippen LogP contribution in [0.15, 0.2) is 42.5 Å². The number of fused-ring (bicyclic) bond motifs is 1. The molecule has 0 bridgehead atoms. The first kappa shape index (κ1) is 13.3. The summed E-state index contributed by atoms with van der Waals surface area (Å²) in [7, 11) is 0. The fraction of sp³-hybridized carbons (Fsp3) is 0.200. The minimum atomic E-state index is -4.43. The molecule has 0 N–H and O–H groups in total. The molecule has 0 aliphatic carbocycles. The third kappa shape index (κ3) is 2.36. The summed E-state index contributed by atoms with van der Waals surface area (Å²) in [6.07, 6.45) is -4.43. The van der Waals surface area contributed by atoms with Crippen LogP contribution in [-0.2, 0) is 19.3 Å². The number of hydrogen-bond acceptors (Lipinski definition) is 1. The van der Waals surface area contributed by atoms with Crippen molar-refractivity contribution in [3.63, 3.8) is 0 Å². The molecule has 0 aromatic heterocycles. The topological polar surface area (TPSA) is 3.24 Å². The maximum Gasteiger partial charge on any atom is 0.417 e. The van der Waals surface area contributed by atoms with Crippen LogP contribution in [0, 0.1) is 0 Å². The van der Waals surface area contributed by atoms with Gasteiger partial charge in [-0.25, -0.2) is 0 Å². The molecule has 0 amide bonds. The number of benzene rings is 2. The van der Waals surface area contributed by atoms with Crippen molar-refractivity contribution >= 4 is 17.3 Å². The molecule has 0 fully saturated rings. The van der Waals surface area contributed by atoms with Gasteiger partial charge in [0.1, 0.15) is 0 Å². The fourth-order valence-corrected chi connectivity index (χ4v) is 2.67. The Morgan fingerprint density at radius 3 is 2.10 bits per heavy atom. The summed E-state index contributed by atoms with van der Waals surface area (Å²) in [5.74, 6) is 0. The molecule has 0 unspecified atom stereocenters. The normalized spacial score (nSPS) is 14.5. The van der Waals surface area contributed by atoms with E-state index in [4.69, 9.17) is 11.6 Å². The van der Waals surface area contributed by atoms with Crippen LogP contribution in [0.4, 0.5) is 18.9 Å². The van der Waals surface area contributed by atoms with E-state index >= 15 is 0 Å². The van der Waals surface area contributed by atoms with Gasteiger partial charge in [-0.05, 0) is 29.3 Å². The molecule has 2 aromatic rings. The number of halogens is 4. The molecular weight excluding hydrogens is 287 g/mol. The maximum atomic E-state index is 12.9. The lowest BCUT2D eigenvalue weighted by molar-refractivity contribution is -0.137. The average molecular weight is 298 g/mol. The van der Waals surface area contributed by atoms with Crippen molar-refractivity contribution in [1.29, 1.82) is 0 Å². The Labute approximate surface area is 119 Å². The SMILES string of the molecule is FC(F)(F)c1cc(N2Cc3ccccc3C2)ccc1Cl. The lowest BCUT2D eigenvalue weighted by atomic mass is 10.1. The average Bonchev–Trinajstić information content (AvgIpc) is 2.81. The summed E-state index contributed by atoms with van der Waals surface area (Å²) in [6.45, 7) is 1.24. The Morgan fingerprint density at radius 1 is 0.950 bits per heavy atom. The van der Waals surface area contributed by atoms with Crippen LogP contribution in [0.1, 0.15) is 16.7 Å². The molecule has 0 saturated carbocycles. The lowest BCUT2D eigenvalue weighted by Crippen LogP contribution is -2.16. The van der Waals surface area contributed by atoms with E-state index in [0.717, 1.165) is 17.2 Å². The van der Waals surface area contributed by atoms with Crippen LogP contribution in [0.3, 0.4) is 0 Å². The van der Waals surface area contributed by atoms with Crippen molar-refractivity contribution < 1.29 is 13.2 Å². The third-order valence-corrected chi connectivity index (χ3v) is 3.79. The molecule has 0 atom stereocenters. The molecular formula is C15H11ClF3N. The van der Waals surface area contributed by atoms with E-state index in [-0.39, 0.29) is 5.02 Å². The van der Waals surface area contributed by atoms with Crippen molar-refractivity contribution in [1.82, 2.24) is 0 Å². The highest BCUT2D eigenvalue weighted by atomic mass is 35.5. The van der Waals surface area contributed by atoms with Crippen molar-refractivity contribution in [3.8, 4) is 0 Å². The standard InChI is InChI=1S/C15H11ClF3N/c16-14-6-5-12(7-13(14)15(17,18)19)20-8-10-3-1-2-4-11(10)9-20/h1-7H,8-9H2. The van der Waals surface area contributed by atoms with E-state index in [9.17, 15) is 13.2 Å². The molecule has 1 aliphatic heterocycles. The summed E-state index contributed by atoms with van der Waals surface area (Å²) in [5.41, 5.74) is 2.05. The van der Waals surface area contributed by atoms with Gasteiger partial charge in [-0.3, -0.25) is 0 Å². The van der Waals surface area contributed by atoms with Gasteiger partial charge in [-0.15, -0.1) is 0 Å². The van der Waals surface area contributed by atoms with Gasteiger partial charge in [0, 0.05) is 18.8 Å². The highest BCUT2D eigenvalue weighted by molar-refractivity contribution is 6.31. The van der Waals surface area contributed by atoms with E-state index in [2.05, 4.69) is 0 Å². The van der Waals surface area contributed by atoms with Gasteiger partial charge in [0.15, 0.2) is 0 Å². The summed E-state index contributed by atoms with van der Waals surface area (Å²) < 4.78 is 38.6. The summed E-state index contributed by atoms with van der Waals surface area (Å²) >= 11 is 5.64. The van der Waals surface area contributed by atoms with Crippen molar-refractivity contribution in [2.45, 2.75) is 19.3 Å². The van der Waals surface area contributed by atoms with Gasteiger partial charge in [0.05, 0.1) is 10.6 Å². The molecule has 1 heterocycles. The number of hydrogen-bond donors (Lipinski definition) is 0. The molecule has 0 spiro atoms. The van der Waals surface area contributed by atoms with Crippen LogP contribution < -0.4 is 4.90 Å². The maximum absolute atomic E-state index is 12.9. The largest absolute Gasteiger partial charge is 0.417 e. The highest BCUT2D eigenvalue weighted by Crippen LogP contribution is 2.38. The Kier molecular flexibility index (Phi) is 3.13.